The topological polar surface area (TPSA) is 70.8 Å². The van der Waals surface area contributed by atoms with Crippen LogP contribution in [0, 0.1) is 5.82 Å². The van der Waals surface area contributed by atoms with Gasteiger partial charge in [0.05, 0.1) is 7.11 Å². The van der Waals surface area contributed by atoms with E-state index in [-0.39, 0.29) is 35.5 Å². The molecule has 3 rings (SSSR count). The highest BCUT2D eigenvalue weighted by atomic mass is 127. The Balaban J connectivity index is 0.00000300. The van der Waals surface area contributed by atoms with Crippen LogP contribution in [0.25, 0.3) is 0 Å². The number of methoxy groups -OCH3 is 1. The summed E-state index contributed by atoms with van der Waals surface area (Å²) in [6, 6.07) is 5.15. The molecule has 1 aromatic carbocycles. The van der Waals surface area contributed by atoms with Gasteiger partial charge in [-0.1, -0.05) is 6.07 Å². The van der Waals surface area contributed by atoms with E-state index >= 15 is 0 Å². The number of ether oxygens (including phenoxy) is 1. The summed E-state index contributed by atoms with van der Waals surface area (Å²) in [5.74, 6) is 1.68. The molecule has 0 aliphatic carbocycles. The van der Waals surface area contributed by atoms with Gasteiger partial charge in [-0.25, -0.2) is 14.4 Å². The molecule has 0 amide bonds. The van der Waals surface area contributed by atoms with Crippen LogP contribution in [0.15, 0.2) is 29.5 Å². The molecule has 1 saturated heterocycles. The Morgan fingerprint density at radius 2 is 2.03 bits per heavy atom. The van der Waals surface area contributed by atoms with E-state index in [4.69, 9.17) is 9.73 Å². The molecule has 2 aromatic rings. The van der Waals surface area contributed by atoms with Gasteiger partial charge in [-0.2, -0.15) is 5.10 Å². The van der Waals surface area contributed by atoms with Crippen molar-refractivity contribution < 1.29 is 9.13 Å². The number of halogens is 2. The number of benzene rings is 1. The van der Waals surface area contributed by atoms with Crippen LogP contribution in [0.3, 0.4) is 0 Å². The van der Waals surface area contributed by atoms with Gasteiger partial charge in [-0.05, 0) is 24.6 Å². The summed E-state index contributed by atoms with van der Waals surface area (Å²) in [6.45, 7) is 7.59. The Labute approximate surface area is 188 Å². The van der Waals surface area contributed by atoms with E-state index in [9.17, 15) is 4.39 Å². The molecule has 0 saturated carbocycles. The second-order valence-corrected chi connectivity index (χ2v) is 6.70. The number of piperazine rings is 1. The Hall–Kier alpha value is -1.95. The smallest absolute Gasteiger partial charge is 0.194 e. The largest absolute Gasteiger partial charge is 0.494 e. The van der Waals surface area contributed by atoms with Crippen molar-refractivity contribution in [2.75, 3.05) is 39.8 Å². The van der Waals surface area contributed by atoms with Crippen molar-refractivity contribution in [3.05, 3.63) is 41.7 Å². The number of rotatable bonds is 6. The molecule has 160 valence electrons. The number of hydrogen-bond acceptors (Lipinski definition) is 5. The van der Waals surface area contributed by atoms with Crippen LogP contribution in [-0.2, 0) is 20.1 Å². The normalized spacial score (nSPS) is 15.2. The van der Waals surface area contributed by atoms with Gasteiger partial charge < -0.3 is 15.0 Å². The molecular formula is C19H29FIN7O. The zero-order valence-electron chi connectivity index (χ0n) is 17.1. The van der Waals surface area contributed by atoms with Gasteiger partial charge in [0.25, 0.3) is 0 Å². The van der Waals surface area contributed by atoms with Crippen molar-refractivity contribution in [3.63, 3.8) is 0 Å². The highest BCUT2D eigenvalue weighted by Crippen LogP contribution is 2.19. The fraction of sp³-hybridized carbons (Fsp3) is 0.526. The monoisotopic (exact) mass is 517 g/mol. The lowest BCUT2D eigenvalue weighted by Gasteiger charge is -2.36. The maximum absolute atomic E-state index is 13.9. The molecule has 1 aromatic heterocycles. The minimum Gasteiger partial charge on any atom is -0.494 e. The molecule has 8 nitrogen and oxygen atoms in total. The van der Waals surface area contributed by atoms with E-state index in [2.05, 4.69) is 32.1 Å². The first-order valence-electron chi connectivity index (χ1n) is 9.51. The quantitative estimate of drug-likeness (QED) is 0.359. The van der Waals surface area contributed by atoms with E-state index in [0.29, 0.717) is 6.54 Å². The fourth-order valence-electron chi connectivity index (χ4n) is 3.22. The second kappa shape index (κ2) is 11.3. The van der Waals surface area contributed by atoms with Crippen LogP contribution in [0.1, 0.15) is 18.3 Å². The summed E-state index contributed by atoms with van der Waals surface area (Å²) in [5.41, 5.74) is 0.953. The molecule has 0 radical (unpaired) electrons. The van der Waals surface area contributed by atoms with Gasteiger partial charge in [0.15, 0.2) is 17.5 Å². The highest BCUT2D eigenvalue weighted by Gasteiger charge is 2.20. The number of nitrogens with zero attached hydrogens (tertiary/aromatic N) is 6. The van der Waals surface area contributed by atoms with Gasteiger partial charge in [0.2, 0.25) is 0 Å². The molecule has 29 heavy (non-hydrogen) atoms. The Morgan fingerprint density at radius 1 is 1.28 bits per heavy atom. The lowest BCUT2D eigenvalue weighted by Crippen LogP contribution is -2.52. The average Bonchev–Trinajstić information content (AvgIpc) is 3.11. The molecule has 1 aliphatic rings. The van der Waals surface area contributed by atoms with Crippen molar-refractivity contribution in [2.24, 2.45) is 12.0 Å². The Kier molecular flexibility index (Phi) is 9.08. The number of nitrogens with one attached hydrogen (secondary N) is 1. The second-order valence-electron chi connectivity index (χ2n) is 6.70. The third kappa shape index (κ3) is 6.26. The summed E-state index contributed by atoms with van der Waals surface area (Å²) in [4.78, 5) is 13.5. The molecule has 0 bridgehead atoms. The minimum absolute atomic E-state index is 0. The number of aromatic nitrogens is 3. The highest BCUT2D eigenvalue weighted by molar-refractivity contribution is 14.0. The minimum atomic E-state index is -0.316. The van der Waals surface area contributed by atoms with Gasteiger partial charge in [0.1, 0.15) is 18.7 Å². The van der Waals surface area contributed by atoms with Crippen molar-refractivity contribution in [3.8, 4) is 5.75 Å². The van der Waals surface area contributed by atoms with Gasteiger partial charge >= 0.3 is 0 Å². The van der Waals surface area contributed by atoms with E-state index in [1.54, 1.807) is 23.1 Å². The Bertz CT molecular complexity index is 806. The van der Waals surface area contributed by atoms with Crippen molar-refractivity contribution in [1.82, 2.24) is 29.9 Å². The van der Waals surface area contributed by atoms with E-state index in [1.165, 1.54) is 7.11 Å². The molecule has 1 fully saturated rings. The first-order valence-corrected chi connectivity index (χ1v) is 9.51. The van der Waals surface area contributed by atoms with Crippen molar-refractivity contribution >= 4 is 29.9 Å². The van der Waals surface area contributed by atoms with Crippen LogP contribution in [0.4, 0.5) is 4.39 Å². The van der Waals surface area contributed by atoms with E-state index < -0.39 is 0 Å². The number of aryl methyl sites for hydroxylation is 1. The average molecular weight is 517 g/mol. The van der Waals surface area contributed by atoms with Crippen LogP contribution in [-0.4, -0.2) is 70.4 Å². The van der Waals surface area contributed by atoms with Gasteiger partial charge in [0, 0.05) is 46.3 Å². The van der Waals surface area contributed by atoms with Crippen molar-refractivity contribution in [1.29, 1.82) is 0 Å². The fourth-order valence-corrected chi connectivity index (χ4v) is 3.22. The first kappa shape index (κ1) is 23.3. The predicted octanol–water partition coefficient (Wildman–Crippen LogP) is 1.86. The number of hydrogen-bond donors (Lipinski definition) is 1. The molecule has 0 atom stereocenters. The number of aliphatic imine (C=N–C) groups is 1. The SMILES string of the molecule is CCNC(=NCc1ncnn1C)N1CCN(Cc2ccc(OC)c(F)c2)CC1.I. The van der Waals surface area contributed by atoms with Crippen LogP contribution in [0.2, 0.25) is 0 Å². The zero-order valence-corrected chi connectivity index (χ0v) is 19.5. The van der Waals surface area contributed by atoms with E-state index in [0.717, 1.165) is 56.6 Å². The summed E-state index contributed by atoms with van der Waals surface area (Å²) in [6.07, 6.45) is 1.54. The predicted molar refractivity (Wildman–Crippen MR) is 121 cm³/mol. The van der Waals surface area contributed by atoms with Crippen LogP contribution in [0.5, 0.6) is 5.75 Å². The molecule has 1 N–H and O–H groups in total. The van der Waals surface area contributed by atoms with Gasteiger partial charge in [-0.15, -0.1) is 24.0 Å². The third-order valence-corrected chi connectivity index (χ3v) is 4.80. The lowest BCUT2D eigenvalue weighted by molar-refractivity contribution is 0.172. The third-order valence-electron chi connectivity index (χ3n) is 4.80. The summed E-state index contributed by atoms with van der Waals surface area (Å²) < 4.78 is 20.6. The van der Waals surface area contributed by atoms with E-state index in [1.807, 2.05) is 13.1 Å². The molecule has 0 spiro atoms. The molecule has 0 unspecified atom stereocenters. The van der Waals surface area contributed by atoms with Gasteiger partial charge in [-0.3, -0.25) is 9.58 Å². The maximum Gasteiger partial charge on any atom is 0.194 e. The molecule has 1 aliphatic heterocycles. The van der Waals surface area contributed by atoms with Crippen molar-refractivity contribution in [2.45, 2.75) is 20.0 Å². The Morgan fingerprint density at radius 3 is 2.62 bits per heavy atom. The summed E-state index contributed by atoms with van der Waals surface area (Å²) >= 11 is 0. The van der Waals surface area contributed by atoms with Crippen LogP contribution >= 0.6 is 24.0 Å². The molecule has 2 heterocycles. The molecule has 10 heteroatoms. The molecular weight excluding hydrogens is 488 g/mol. The summed E-state index contributed by atoms with van der Waals surface area (Å²) in [7, 11) is 3.34. The maximum atomic E-state index is 13.9. The summed E-state index contributed by atoms with van der Waals surface area (Å²) in [5, 5.41) is 7.44. The lowest BCUT2D eigenvalue weighted by atomic mass is 10.2. The number of guanidine groups is 1. The first-order chi connectivity index (χ1) is 13.6. The van der Waals surface area contributed by atoms with Crippen LogP contribution < -0.4 is 10.1 Å². The zero-order chi connectivity index (χ0) is 19.9. The standard InChI is InChI=1S/C19H28FN7O.HI/c1-4-21-19(22-12-18-23-14-24-25(18)2)27-9-7-26(8-10-27)13-15-5-6-17(28-3)16(20)11-15;/h5-6,11,14H,4,7-10,12-13H2,1-3H3,(H,21,22);1H.